The highest BCUT2D eigenvalue weighted by molar-refractivity contribution is 9.10. The number of furan rings is 1. The van der Waals surface area contributed by atoms with E-state index in [2.05, 4.69) is 26.0 Å². The average Bonchev–Trinajstić information content (AvgIpc) is 2.52. The second-order valence-electron chi connectivity index (χ2n) is 4.06. The summed E-state index contributed by atoms with van der Waals surface area (Å²) in [5, 5.41) is 2.73. The van der Waals surface area contributed by atoms with E-state index in [1.165, 1.54) is 7.11 Å². The third kappa shape index (κ3) is 3.35. The number of esters is 1. The number of ether oxygens (including phenoxy) is 1. The number of nitrogens with one attached hydrogen (secondary N) is 1. The van der Waals surface area contributed by atoms with Gasteiger partial charge in [-0.1, -0.05) is 0 Å². The molecule has 0 aliphatic carbocycles. The van der Waals surface area contributed by atoms with Gasteiger partial charge in [0, 0.05) is 6.04 Å². The summed E-state index contributed by atoms with van der Waals surface area (Å²) in [6.07, 6.45) is 0.135. The van der Waals surface area contributed by atoms with E-state index in [-0.39, 0.29) is 24.3 Å². The molecule has 5 nitrogen and oxygen atoms in total. The van der Waals surface area contributed by atoms with Crippen LogP contribution in [0.15, 0.2) is 8.89 Å². The van der Waals surface area contributed by atoms with Crippen LogP contribution in [0.3, 0.4) is 0 Å². The standard InChI is InChI=1S/C12H16BrNO4/c1-6(5-9(15)17-4)14-12(16)10-7(2)18-8(3)11(10)13/h6H,5H2,1-4H3,(H,14,16). The van der Waals surface area contributed by atoms with Crippen molar-refractivity contribution in [3.63, 3.8) is 0 Å². The maximum atomic E-state index is 12.0. The van der Waals surface area contributed by atoms with Crippen LogP contribution >= 0.6 is 15.9 Å². The zero-order valence-electron chi connectivity index (χ0n) is 10.8. The lowest BCUT2D eigenvalue weighted by Crippen LogP contribution is -2.34. The van der Waals surface area contributed by atoms with Gasteiger partial charge in [0.1, 0.15) is 11.5 Å². The van der Waals surface area contributed by atoms with E-state index in [1.54, 1.807) is 20.8 Å². The first-order valence-corrected chi connectivity index (χ1v) is 6.29. The number of amides is 1. The molecule has 100 valence electrons. The van der Waals surface area contributed by atoms with Crippen LogP contribution in [0.4, 0.5) is 0 Å². The Hall–Kier alpha value is -1.30. The number of halogens is 1. The normalized spacial score (nSPS) is 12.1. The second-order valence-corrected chi connectivity index (χ2v) is 4.85. The fourth-order valence-electron chi connectivity index (χ4n) is 1.60. The number of carbonyl (C=O) groups excluding carboxylic acids is 2. The van der Waals surface area contributed by atoms with E-state index in [1.807, 2.05) is 0 Å². The lowest BCUT2D eigenvalue weighted by Gasteiger charge is -2.12. The largest absolute Gasteiger partial charge is 0.469 e. The summed E-state index contributed by atoms with van der Waals surface area (Å²) in [7, 11) is 1.32. The number of aryl methyl sites for hydroxylation is 2. The zero-order chi connectivity index (χ0) is 13.9. The number of hydrogen-bond acceptors (Lipinski definition) is 4. The SMILES string of the molecule is COC(=O)CC(C)NC(=O)c1c(C)oc(C)c1Br. The Kier molecular flexibility index (Phi) is 4.95. The highest BCUT2D eigenvalue weighted by Crippen LogP contribution is 2.27. The Bertz CT molecular complexity index is 467. The molecule has 0 aliphatic rings. The van der Waals surface area contributed by atoms with Gasteiger partial charge in [-0.2, -0.15) is 0 Å². The first-order valence-electron chi connectivity index (χ1n) is 5.50. The molecule has 1 atom stereocenters. The maximum absolute atomic E-state index is 12.0. The minimum absolute atomic E-state index is 0.135. The average molecular weight is 318 g/mol. The van der Waals surface area contributed by atoms with Crippen molar-refractivity contribution in [1.82, 2.24) is 5.32 Å². The fourth-order valence-corrected chi connectivity index (χ4v) is 2.14. The van der Waals surface area contributed by atoms with Crippen molar-refractivity contribution in [1.29, 1.82) is 0 Å². The minimum Gasteiger partial charge on any atom is -0.469 e. The molecule has 0 radical (unpaired) electrons. The Labute approximate surface area is 114 Å². The van der Waals surface area contributed by atoms with Gasteiger partial charge in [-0.05, 0) is 36.7 Å². The van der Waals surface area contributed by atoms with E-state index in [9.17, 15) is 9.59 Å². The molecule has 1 aromatic heterocycles. The maximum Gasteiger partial charge on any atom is 0.307 e. The molecule has 0 aliphatic heterocycles. The summed E-state index contributed by atoms with van der Waals surface area (Å²) in [5.41, 5.74) is 0.462. The zero-order valence-corrected chi connectivity index (χ0v) is 12.4. The minimum atomic E-state index is -0.359. The van der Waals surface area contributed by atoms with E-state index in [0.717, 1.165) is 0 Å². The first-order chi connectivity index (χ1) is 8.36. The smallest absolute Gasteiger partial charge is 0.307 e. The van der Waals surface area contributed by atoms with E-state index in [4.69, 9.17) is 4.42 Å². The molecule has 1 unspecified atom stereocenters. The van der Waals surface area contributed by atoms with Crippen LogP contribution < -0.4 is 5.32 Å². The van der Waals surface area contributed by atoms with Gasteiger partial charge >= 0.3 is 5.97 Å². The summed E-state index contributed by atoms with van der Waals surface area (Å²) in [4.78, 5) is 23.1. The fraction of sp³-hybridized carbons (Fsp3) is 0.500. The molecular weight excluding hydrogens is 302 g/mol. The molecule has 1 amide bonds. The van der Waals surface area contributed by atoms with Gasteiger partial charge in [0.2, 0.25) is 0 Å². The Balaban J connectivity index is 2.74. The topological polar surface area (TPSA) is 68.5 Å². The van der Waals surface area contributed by atoms with Crippen LogP contribution in [0.2, 0.25) is 0 Å². The first kappa shape index (κ1) is 14.8. The third-order valence-corrected chi connectivity index (χ3v) is 3.45. The van der Waals surface area contributed by atoms with E-state index >= 15 is 0 Å². The summed E-state index contributed by atoms with van der Waals surface area (Å²) in [6, 6.07) is -0.300. The Morgan fingerprint density at radius 2 is 2.00 bits per heavy atom. The lowest BCUT2D eigenvalue weighted by molar-refractivity contribution is -0.141. The van der Waals surface area contributed by atoms with Crippen molar-refractivity contribution in [2.24, 2.45) is 0 Å². The Morgan fingerprint density at radius 1 is 1.39 bits per heavy atom. The second kappa shape index (κ2) is 6.04. The van der Waals surface area contributed by atoms with Crippen LogP contribution in [0.1, 0.15) is 35.2 Å². The van der Waals surface area contributed by atoms with Crippen molar-refractivity contribution in [3.05, 3.63) is 21.6 Å². The quantitative estimate of drug-likeness (QED) is 0.865. The van der Waals surface area contributed by atoms with Crippen molar-refractivity contribution in [2.75, 3.05) is 7.11 Å². The number of methoxy groups -OCH3 is 1. The number of hydrogen-bond donors (Lipinski definition) is 1. The van der Waals surface area contributed by atoms with E-state index in [0.29, 0.717) is 21.6 Å². The summed E-state index contributed by atoms with van der Waals surface area (Å²) in [5.74, 6) is 0.565. The predicted molar refractivity (Wildman–Crippen MR) is 69.4 cm³/mol. The van der Waals surface area contributed by atoms with Crippen LogP contribution in [0, 0.1) is 13.8 Å². The highest BCUT2D eigenvalue weighted by atomic mass is 79.9. The van der Waals surface area contributed by atoms with Crippen molar-refractivity contribution < 1.29 is 18.7 Å². The van der Waals surface area contributed by atoms with Crippen molar-refractivity contribution in [3.8, 4) is 0 Å². The predicted octanol–water partition coefficient (Wildman–Crippen LogP) is 2.34. The number of rotatable bonds is 4. The van der Waals surface area contributed by atoms with Crippen LogP contribution in [0.5, 0.6) is 0 Å². The summed E-state index contributed by atoms with van der Waals surface area (Å²) < 4.78 is 10.5. The van der Waals surface area contributed by atoms with Crippen LogP contribution in [0.25, 0.3) is 0 Å². The molecule has 0 fully saturated rings. The monoisotopic (exact) mass is 317 g/mol. The summed E-state index contributed by atoms with van der Waals surface area (Å²) >= 11 is 3.31. The number of carbonyl (C=O) groups is 2. The molecular formula is C12H16BrNO4. The van der Waals surface area contributed by atoms with Gasteiger partial charge in [0.05, 0.1) is 23.6 Å². The molecule has 0 aromatic carbocycles. The van der Waals surface area contributed by atoms with Gasteiger partial charge < -0.3 is 14.5 Å². The molecule has 0 bridgehead atoms. The van der Waals surface area contributed by atoms with Crippen LogP contribution in [-0.4, -0.2) is 25.0 Å². The molecule has 1 N–H and O–H groups in total. The highest BCUT2D eigenvalue weighted by Gasteiger charge is 2.21. The van der Waals surface area contributed by atoms with Crippen LogP contribution in [-0.2, 0) is 9.53 Å². The molecule has 1 rings (SSSR count). The van der Waals surface area contributed by atoms with E-state index < -0.39 is 0 Å². The Morgan fingerprint density at radius 3 is 2.44 bits per heavy atom. The molecule has 18 heavy (non-hydrogen) atoms. The molecule has 0 spiro atoms. The van der Waals surface area contributed by atoms with Gasteiger partial charge in [-0.25, -0.2) is 0 Å². The molecule has 6 heteroatoms. The lowest BCUT2D eigenvalue weighted by atomic mass is 10.2. The molecule has 1 aromatic rings. The summed E-state index contributed by atoms with van der Waals surface area (Å²) in [6.45, 7) is 5.23. The molecule has 0 saturated carbocycles. The third-order valence-electron chi connectivity index (χ3n) is 2.49. The van der Waals surface area contributed by atoms with Crippen molar-refractivity contribution in [2.45, 2.75) is 33.2 Å². The van der Waals surface area contributed by atoms with Gasteiger partial charge in [-0.15, -0.1) is 0 Å². The van der Waals surface area contributed by atoms with Gasteiger partial charge in [0.25, 0.3) is 5.91 Å². The van der Waals surface area contributed by atoms with Crippen molar-refractivity contribution >= 4 is 27.8 Å². The molecule has 1 heterocycles. The van der Waals surface area contributed by atoms with Gasteiger partial charge in [-0.3, -0.25) is 9.59 Å². The molecule has 0 saturated heterocycles. The van der Waals surface area contributed by atoms with Gasteiger partial charge in [0.15, 0.2) is 0 Å².